The summed E-state index contributed by atoms with van der Waals surface area (Å²) in [7, 11) is 0. The second-order valence-electron chi connectivity index (χ2n) is 7.12. The van der Waals surface area contributed by atoms with Gasteiger partial charge in [-0.2, -0.15) is 0 Å². The van der Waals surface area contributed by atoms with Crippen molar-refractivity contribution in [3.05, 3.63) is 24.2 Å². The van der Waals surface area contributed by atoms with Gasteiger partial charge in [-0.15, -0.1) is 0 Å². The van der Waals surface area contributed by atoms with Gasteiger partial charge in [0.15, 0.2) is 0 Å². The molecule has 1 saturated heterocycles. The first-order chi connectivity index (χ1) is 10.9. The number of carbonyl (C=O) groups excluding carboxylic acids is 1. The average Bonchev–Trinajstić information content (AvgIpc) is 3.14. The first kappa shape index (κ1) is 17.8. The first-order valence-corrected chi connectivity index (χ1v) is 8.37. The van der Waals surface area contributed by atoms with Gasteiger partial charge in [-0.05, 0) is 43.9 Å². The standard InChI is InChI=1S/C17H29N3O3/c1-13(2)10-20-7-6-14(11-20)9-18-16(21)19-12-17(3,22)15-5-4-8-23-15/h4-5,8,13-14,22H,6-7,9-12H2,1-3H3,(H2,18,19,21). The molecule has 2 heterocycles. The smallest absolute Gasteiger partial charge is 0.314 e. The SMILES string of the molecule is CC(C)CN1CCC(CNC(=O)NCC(C)(O)c2ccco2)C1. The minimum absolute atomic E-state index is 0.108. The lowest BCUT2D eigenvalue weighted by molar-refractivity contribution is 0.0367. The van der Waals surface area contributed by atoms with E-state index in [1.165, 1.54) is 6.26 Å². The molecule has 1 aromatic heterocycles. The summed E-state index contributed by atoms with van der Waals surface area (Å²) < 4.78 is 5.19. The molecule has 1 aromatic rings. The second kappa shape index (κ2) is 7.84. The highest BCUT2D eigenvalue weighted by atomic mass is 16.4. The molecular formula is C17H29N3O3. The molecule has 2 amide bonds. The summed E-state index contributed by atoms with van der Waals surface area (Å²) in [6.07, 6.45) is 2.63. The molecule has 1 fully saturated rings. The maximum absolute atomic E-state index is 11.9. The third-order valence-corrected chi connectivity index (χ3v) is 4.19. The monoisotopic (exact) mass is 323 g/mol. The molecule has 23 heavy (non-hydrogen) atoms. The molecule has 6 nitrogen and oxygen atoms in total. The molecule has 0 saturated carbocycles. The lowest BCUT2D eigenvalue weighted by Gasteiger charge is -2.22. The number of furan rings is 1. The van der Waals surface area contributed by atoms with E-state index in [9.17, 15) is 9.90 Å². The van der Waals surface area contributed by atoms with Crippen molar-refractivity contribution in [2.75, 3.05) is 32.7 Å². The summed E-state index contributed by atoms with van der Waals surface area (Å²) in [5.41, 5.74) is -1.21. The Morgan fingerprint density at radius 3 is 2.96 bits per heavy atom. The van der Waals surface area contributed by atoms with E-state index in [0.29, 0.717) is 24.1 Å². The van der Waals surface area contributed by atoms with Crippen LogP contribution in [-0.2, 0) is 5.60 Å². The molecule has 0 spiro atoms. The topological polar surface area (TPSA) is 77.7 Å². The van der Waals surface area contributed by atoms with Crippen molar-refractivity contribution in [2.24, 2.45) is 11.8 Å². The highest BCUT2D eigenvalue weighted by molar-refractivity contribution is 5.73. The van der Waals surface area contributed by atoms with E-state index in [1.54, 1.807) is 19.1 Å². The number of aliphatic hydroxyl groups is 1. The molecule has 130 valence electrons. The number of nitrogens with zero attached hydrogens (tertiary/aromatic N) is 1. The largest absolute Gasteiger partial charge is 0.466 e. The van der Waals surface area contributed by atoms with Crippen LogP contribution in [-0.4, -0.2) is 48.8 Å². The van der Waals surface area contributed by atoms with E-state index in [2.05, 4.69) is 29.4 Å². The van der Waals surface area contributed by atoms with Crippen LogP contribution in [0.3, 0.4) is 0 Å². The summed E-state index contributed by atoms with van der Waals surface area (Å²) >= 11 is 0. The van der Waals surface area contributed by atoms with Crippen LogP contribution in [0.5, 0.6) is 0 Å². The molecule has 6 heteroatoms. The van der Waals surface area contributed by atoms with Crippen LogP contribution in [0.15, 0.2) is 22.8 Å². The predicted octanol–water partition coefficient (Wildman–Crippen LogP) is 1.76. The number of carbonyl (C=O) groups is 1. The zero-order chi connectivity index (χ0) is 16.9. The highest BCUT2D eigenvalue weighted by Crippen LogP contribution is 2.20. The van der Waals surface area contributed by atoms with Crippen LogP contribution >= 0.6 is 0 Å². The molecule has 0 aliphatic carbocycles. The van der Waals surface area contributed by atoms with E-state index in [0.717, 1.165) is 26.1 Å². The van der Waals surface area contributed by atoms with Crippen molar-refractivity contribution in [3.8, 4) is 0 Å². The van der Waals surface area contributed by atoms with Gasteiger partial charge < -0.3 is 25.1 Å². The van der Waals surface area contributed by atoms with Crippen LogP contribution in [0.25, 0.3) is 0 Å². The van der Waals surface area contributed by atoms with Gasteiger partial charge in [0.05, 0.1) is 12.8 Å². The zero-order valence-electron chi connectivity index (χ0n) is 14.3. The van der Waals surface area contributed by atoms with Crippen molar-refractivity contribution in [2.45, 2.75) is 32.8 Å². The van der Waals surface area contributed by atoms with Gasteiger partial charge in [0.2, 0.25) is 0 Å². The van der Waals surface area contributed by atoms with E-state index >= 15 is 0 Å². The fourth-order valence-corrected chi connectivity index (χ4v) is 2.99. The summed E-state index contributed by atoms with van der Waals surface area (Å²) in [5.74, 6) is 1.62. The third kappa shape index (κ3) is 5.55. The van der Waals surface area contributed by atoms with Crippen molar-refractivity contribution >= 4 is 6.03 Å². The Hall–Kier alpha value is -1.53. The number of rotatable bonds is 7. The Morgan fingerprint density at radius 1 is 1.52 bits per heavy atom. The van der Waals surface area contributed by atoms with Gasteiger partial charge in [-0.3, -0.25) is 0 Å². The number of nitrogens with one attached hydrogen (secondary N) is 2. The summed E-state index contributed by atoms with van der Waals surface area (Å²) in [5, 5.41) is 15.9. The molecule has 2 unspecified atom stereocenters. The Labute approximate surface area is 138 Å². The average molecular weight is 323 g/mol. The number of urea groups is 1. The number of hydrogen-bond acceptors (Lipinski definition) is 4. The summed E-state index contributed by atoms with van der Waals surface area (Å²) in [4.78, 5) is 14.4. The molecule has 0 bridgehead atoms. The van der Waals surface area contributed by atoms with Gasteiger partial charge in [0.1, 0.15) is 11.4 Å². The van der Waals surface area contributed by atoms with E-state index in [-0.39, 0.29) is 12.6 Å². The molecule has 1 aliphatic rings. The Balaban J connectivity index is 1.66. The predicted molar refractivity (Wildman–Crippen MR) is 89.1 cm³/mol. The van der Waals surface area contributed by atoms with E-state index < -0.39 is 5.60 Å². The second-order valence-corrected chi connectivity index (χ2v) is 7.12. The minimum Gasteiger partial charge on any atom is -0.466 e. The third-order valence-electron chi connectivity index (χ3n) is 4.19. The normalized spacial score (nSPS) is 21.3. The zero-order valence-corrected chi connectivity index (χ0v) is 14.3. The molecular weight excluding hydrogens is 294 g/mol. The Kier molecular flexibility index (Phi) is 6.07. The van der Waals surface area contributed by atoms with E-state index in [1.807, 2.05) is 0 Å². The Morgan fingerprint density at radius 2 is 2.30 bits per heavy atom. The van der Waals surface area contributed by atoms with Gasteiger partial charge in [0.25, 0.3) is 0 Å². The summed E-state index contributed by atoms with van der Waals surface area (Å²) in [6.45, 7) is 10.1. The highest BCUT2D eigenvalue weighted by Gasteiger charge is 2.27. The molecule has 2 atom stereocenters. The quantitative estimate of drug-likeness (QED) is 0.714. The van der Waals surface area contributed by atoms with Crippen molar-refractivity contribution in [3.63, 3.8) is 0 Å². The van der Waals surface area contributed by atoms with Gasteiger partial charge in [-0.1, -0.05) is 13.8 Å². The maximum atomic E-state index is 11.9. The van der Waals surface area contributed by atoms with Crippen LogP contribution < -0.4 is 10.6 Å². The van der Waals surface area contributed by atoms with Crippen molar-refractivity contribution in [1.82, 2.24) is 15.5 Å². The fraction of sp³-hybridized carbons (Fsp3) is 0.706. The molecule has 0 radical (unpaired) electrons. The Bertz CT molecular complexity index is 485. The number of hydrogen-bond donors (Lipinski definition) is 3. The molecule has 2 rings (SSSR count). The van der Waals surface area contributed by atoms with Crippen LogP contribution in [0.1, 0.15) is 33.0 Å². The van der Waals surface area contributed by atoms with Gasteiger partial charge in [0, 0.05) is 19.6 Å². The van der Waals surface area contributed by atoms with E-state index in [4.69, 9.17) is 4.42 Å². The first-order valence-electron chi connectivity index (χ1n) is 8.37. The van der Waals surface area contributed by atoms with Crippen LogP contribution in [0.2, 0.25) is 0 Å². The summed E-state index contributed by atoms with van der Waals surface area (Å²) in [6, 6.07) is 3.16. The lowest BCUT2D eigenvalue weighted by Crippen LogP contribution is -2.44. The number of likely N-dealkylation sites (tertiary alicyclic amines) is 1. The molecule has 3 N–H and O–H groups in total. The van der Waals surface area contributed by atoms with Crippen LogP contribution in [0, 0.1) is 11.8 Å². The lowest BCUT2D eigenvalue weighted by atomic mass is 10.0. The molecule has 1 aliphatic heterocycles. The fourth-order valence-electron chi connectivity index (χ4n) is 2.99. The van der Waals surface area contributed by atoms with Crippen molar-refractivity contribution in [1.29, 1.82) is 0 Å². The number of amides is 2. The maximum Gasteiger partial charge on any atom is 0.314 e. The molecule has 0 aromatic carbocycles. The van der Waals surface area contributed by atoms with Gasteiger partial charge >= 0.3 is 6.03 Å². The van der Waals surface area contributed by atoms with Crippen LogP contribution in [0.4, 0.5) is 4.79 Å². The minimum atomic E-state index is -1.21. The van der Waals surface area contributed by atoms with Crippen molar-refractivity contribution < 1.29 is 14.3 Å². The van der Waals surface area contributed by atoms with Gasteiger partial charge in [-0.25, -0.2) is 4.79 Å².